The highest BCUT2D eigenvalue weighted by molar-refractivity contribution is 9.10. The summed E-state index contributed by atoms with van der Waals surface area (Å²) in [6.07, 6.45) is 0.805. The summed E-state index contributed by atoms with van der Waals surface area (Å²) in [5, 5.41) is 2.70. The van der Waals surface area contributed by atoms with E-state index < -0.39 is 9.05 Å². The van der Waals surface area contributed by atoms with Crippen LogP contribution in [0.15, 0.2) is 21.5 Å². The molecule has 0 aliphatic carbocycles. The van der Waals surface area contributed by atoms with E-state index in [2.05, 4.69) is 21.2 Å². The lowest BCUT2D eigenvalue weighted by Gasteiger charge is -2.10. The van der Waals surface area contributed by atoms with E-state index in [0.29, 0.717) is 22.1 Å². The molecule has 1 aromatic carbocycles. The van der Waals surface area contributed by atoms with Crippen molar-refractivity contribution in [3.05, 3.63) is 27.7 Å². The third-order valence-electron chi connectivity index (χ3n) is 2.38. The van der Waals surface area contributed by atoms with E-state index >= 15 is 0 Å². The fourth-order valence-corrected chi connectivity index (χ4v) is 2.76. The van der Waals surface area contributed by atoms with Gasteiger partial charge < -0.3 is 5.32 Å². The second-order valence-corrected chi connectivity index (χ2v) is 7.19. The van der Waals surface area contributed by atoms with Crippen LogP contribution in [0.3, 0.4) is 0 Å². The molecule has 0 saturated heterocycles. The van der Waals surface area contributed by atoms with Crippen LogP contribution in [0.4, 0.5) is 0 Å². The summed E-state index contributed by atoms with van der Waals surface area (Å²) in [5.41, 5.74) is 0.977. The zero-order valence-electron chi connectivity index (χ0n) is 9.96. The molecule has 100 valence electrons. The number of halogens is 2. The van der Waals surface area contributed by atoms with Gasteiger partial charge in [-0.15, -0.1) is 0 Å². The summed E-state index contributed by atoms with van der Waals surface area (Å²) in [6, 6.07) is 2.67. The van der Waals surface area contributed by atoms with Crippen LogP contribution in [-0.2, 0) is 9.05 Å². The molecule has 4 nitrogen and oxygen atoms in total. The SMILES string of the molecule is CCCNC(=O)c1cc(S(=O)(=O)Cl)cc(Br)c1C. The normalized spacial score (nSPS) is 11.3. The van der Waals surface area contributed by atoms with Gasteiger partial charge in [0.05, 0.1) is 4.90 Å². The number of hydrogen-bond donors (Lipinski definition) is 1. The molecule has 0 saturated carbocycles. The standard InChI is InChI=1S/C11H13BrClNO3S/c1-3-4-14-11(15)9-5-8(18(13,16)17)6-10(12)7(9)2/h5-6H,3-4H2,1-2H3,(H,14,15). The second-order valence-electron chi connectivity index (χ2n) is 3.77. The molecule has 1 N–H and O–H groups in total. The summed E-state index contributed by atoms with van der Waals surface area (Å²) in [5.74, 6) is -0.308. The van der Waals surface area contributed by atoms with E-state index in [4.69, 9.17) is 10.7 Å². The number of hydrogen-bond acceptors (Lipinski definition) is 3. The van der Waals surface area contributed by atoms with Crippen molar-refractivity contribution in [3.63, 3.8) is 0 Å². The van der Waals surface area contributed by atoms with Crippen LogP contribution in [0.2, 0.25) is 0 Å². The maximum atomic E-state index is 11.9. The Labute approximate surface area is 119 Å². The average Bonchev–Trinajstić information content (AvgIpc) is 2.27. The Hall–Kier alpha value is -0.590. The zero-order chi connectivity index (χ0) is 13.9. The van der Waals surface area contributed by atoms with Crippen molar-refractivity contribution in [2.24, 2.45) is 0 Å². The Morgan fingerprint density at radius 2 is 2.06 bits per heavy atom. The summed E-state index contributed by atoms with van der Waals surface area (Å²) < 4.78 is 23.1. The van der Waals surface area contributed by atoms with Crippen molar-refractivity contribution >= 4 is 41.6 Å². The number of rotatable bonds is 4. The van der Waals surface area contributed by atoms with Crippen LogP contribution < -0.4 is 5.32 Å². The minimum Gasteiger partial charge on any atom is -0.352 e. The van der Waals surface area contributed by atoms with Gasteiger partial charge in [0.2, 0.25) is 0 Å². The lowest BCUT2D eigenvalue weighted by molar-refractivity contribution is 0.0953. The van der Waals surface area contributed by atoms with Crippen LogP contribution in [-0.4, -0.2) is 20.9 Å². The molecule has 1 rings (SSSR count). The van der Waals surface area contributed by atoms with Gasteiger partial charge in [-0.1, -0.05) is 22.9 Å². The van der Waals surface area contributed by atoms with E-state index in [9.17, 15) is 13.2 Å². The van der Waals surface area contributed by atoms with Crippen molar-refractivity contribution in [1.82, 2.24) is 5.32 Å². The summed E-state index contributed by atoms with van der Waals surface area (Å²) in [7, 11) is 1.43. The van der Waals surface area contributed by atoms with Crippen molar-refractivity contribution in [2.45, 2.75) is 25.2 Å². The highest BCUT2D eigenvalue weighted by Crippen LogP contribution is 2.26. The van der Waals surface area contributed by atoms with E-state index in [0.717, 1.165) is 6.42 Å². The minimum absolute atomic E-state index is 0.0942. The Balaban J connectivity index is 3.27. The molecule has 7 heteroatoms. The molecule has 0 spiro atoms. The first kappa shape index (κ1) is 15.5. The van der Waals surface area contributed by atoms with Crippen LogP contribution >= 0.6 is 26.6 Å². The smallest absolute Gasteiger partial charge is 0.261 e. The van der Waals surface area contributed by atoms with Crippen LogP contribution in [0, 0.1) is 6.92 Å². The van der Waals surface area contributed by atoms with E-state index in [1.165, 1.54) is 12.1 Å². The van der Waals surface area contributed by atoms with E-state index in [-0.39, 0.29) is 10.8 Å². The number of benzene rings is 1. The molecule has 18 heavy (non-hydrogen) atoms. The predicted molar refractivity (Wildman–Crippen MR) is 74.5 cm³/mol. The Bertz CT molecular complexity index is 572. The lowest BCUT2D eigenvalue weighted by atomic mass is 10.1. The fraction of sp³-hybridized carbons (Fsp3) is 0.364. The fourth-order valence-electron chi connectivity index (χ4n) is 1.36. The summed E-state index contributed by atoms with van der Waals surface area (Å²) in [4.78, 5) is 11.8. The molecule has 1 amide bonds. The molecule has 0 heterocycles. The maximum Gasteiger partial charge on any atom is 0.261 e. The zero-order valence-corrected chi connectivity index (χ0v) is 13.1. The van der Waals surface area contributed by atoms with Crippen LogP contribution in [0.5, 0.6) is 0 Å². The van der Waals surface area contributed by atoms with Gasteiger partial charge in [-0.2, -0.15) is 0 Å². The molecular weight excluding hydrogens is 342 g/mol. The van der Waals surface area contributed by atoms with E-state index in [1.807, 2.05) is 6.92 Å². The largest absolute Gasteiger partial charge is 0.352 e. The number of amides is 1. The first-order valence-corrected chi connectivity index (χ1v) is 8.40. The number of carbonyl (C=O) groups excluding carboxylic acids is 1. The maximum absolute atomic E-state index is 11.9. The second kappa shape index (κ2) is 6.04. The van der Waals surface area contributed by atoms with Crippen molar-refractivity contribution < 1.29 is 13.2 Å². The molecular formula is C11H13BrClNO3S. The first-order valence-electron chi connectivity index (χ1n) is 5.30. The number of nitrogens with one attached hydrogen (secondary N) is 1. The molecule has 0 aromatic heterocycles. The molecule has 0 bridgehead atoms. The minimum atomic E-state index is -3.86. The average molecular weight is 355 g/mol. The third-order valence-corrected chi connectivity index (χ3v) is 4.54. The molecule has 1 aromatic rings. The van der Waals surface area contributed by atoms with Gasteiger partial charge in [0.25, 0.3) is 15.0 Å². The van der Waals surface area contributed by atoms with Gasteiger partial charge in [0, 0.05) is 27.3 Å². The van der Waals surface area contributed by atoms with Gasteiger partial charge in [-0.3, -0.25) is 4.79 Å². The highest BCUT2D eigenvalue weighted by Gasteiger charge is 2.18. The van der Waals surface area contributed by atoms with E-state index in [1.54, 1.807) is 6.92 Å². The Kier molecular flexibility index (Phi) is 5.19. The quantitative estimate of drug-likeness (QED) is 0.846. The Morgan fingerprint density at radius 3 is 2.56 bits per heavy atom. The van der Waals surface area contributed by atoms with Gasteiger partial charge in [0.15, 0.2) is 0 Å². The predicted octanol–water partition coefficient (Wildman–Crippen LogP) is 2.82. The van der Waals surface area contributed by atoms with Crippen molar-refractivity contribution in [2.75, 3.05) is 6.54 Å². The van der Waals surface area contributed by atoms with Gasteiger partial charge in [-0.25, -0.2) is 8.42 Å². The monoisotopic (exact) mass is 353 g/mol. The van der Waals surface area contributed by atoms with Crippen molar-refractivity contribution in [3.8, 4) is 0 Å². The third kappa shape index (κ3) is 3.70. The highest BCUT2D eigenvalue weighted by atomic mass is 79.9. The summed E-state index contributed by atoms with van der Waals surface area (Å²) >= 11 is 3.22. The first-order chi connectivity index (χ1) is 8.27. The van der Waals surface area contributed by atoms with Gasteiger partial charge in [-0.05, 0) is 31.0 Å². The topological polar surface area (TPSA) is 63.2 Å². The van der Waals surface area contributed by atoms with Crippen molar-refractivity contribution in [1.29, 1.82) is 0 Å². The summed E-state index contributed by atoms with van der Waals surface area (Å²) in [6.45, 7) is 4.20. The Morgan fingerprint density at radius 1 is 1.44 bits per heavy atom. The van der Waals surface area contributed by atoms with Crippen LogP contribution in [0.1, 0.15) is 29.3 Å². The molecule has 0 fully saturated rings. The molecule has 0 aliphatic rings. The molecule has 0 unspecified atom stereocenters. The van der Waals surface area contributed by atoms with Gasteiger partial charge >= 0.3 is 0 Å². The van der Waals surface area contributed by atoms with Gasteiger partial charge in [0.1, 0.15) is 0 Å². The van der Waals surface area contributed by atoms with Crippen LogP contribution in [0.25, 0.3) is 0 Å². The lowest BCUT2D eigenvalue weighted by Crippen LogP contribution is -2.25. The molecule has 0 radical (unpaired) electrons. The molecule has 0 atom stereocenters. The number of carbonyl (C=O) groups is 1. The molecule has 0 aliphatic heterocycles.